The number of H-pyrrole nitrogens is 1. The van der Waals surface area contributed by atoms with Crippen molar-refractivity contribution in [2.45, 2.75) is 23.8 Å². The van der Waals surface area contributed by atoms with Crippen molar-refractivity contribution in [1.82, 2.24) is 19.9 Å². The molecule has 0 atom stereocenters. The number of carbonyl (C=O) groups excluding carboxylic acids is 1. The van der Waals surface area contributed by atoms with E-state index in [-0.39, 0.29) is 22.9 Å². The van der Waals surface area contributed by atoms with Crippen LogP contribution in [0.2, 0.25) is 5.02 Å². The van der Waals surface area contributed by atoms with Gasteiger partial charge in [0.15, 0.2) is 0 Å². The van der Waals surface area contributed by atoms with Gasteiger partial charge in [-0.3, -0.25) is 19.1 Å². The molecule has 0 aliphatic heterocycles. The highest BCUT2D eigenvalue weighted by molar-refractivity contribution is 7.99. The fourth-order valence-corrected chi connectivity index (χ4v) is 3.79. The van der Waals surface area contributed by atoms with E-state index < -0.39 is 11.2 Å². The number of pyridine rings is 1. The van der Waals surface area contributed by atoms with Gasteiger partial charge in [0.05, 0.1) is 10.9 Å². The van der Waals surface area contributed by atoms with Crippen molar-refractivity contribution < 1.29 is 4.79 Å². The number of nitrogens with zero attached hydrogens (tertiary/aromatic N) is 2. The zero-order chi connectivity index (χ0) is 19.7. The van der Waals surface area contributed by atoms with E-state index in [0.717, 1.165) is 17.7 Å². The Labute approximate surface area is 169 Å². The van der Waals surface area contributed by atoms with Crippen LogP contribution in [0.1, 0.15) is 29.2 Å². The third kappa shape index (κ3) is 3.98. The first-order valence-corrected chi connectivity index (χ1v) is 10.2. The molecule has 0 unspecified atom stereocenters. The van der Waals surface area contributed by atoms with Gasteiger partial charge in [0, 0.05) is 34.5 Å². The minimum absolute atomic E-state index is 0.0731. The molecule has 1 aromatic carbocycles. The number of thioether (sulfide) groups is 1. The molecule has 3 aromatic rings. The quantitative estimate of drug-likeness (QED) is 0.475. The SMILES string of the molecule is O=C(NCCSc1ccc(Cl)cc1)c1cnc2c(c1)c(=O)[nH]c(=O)n2C1CC1. The van der Waals surface area contributed by atoms with E-state index >= 15 is 0 Å². The van der Waals surface area contributed by atoms with Crippen LogP contribution < -0.4 is 16.6 Å². The van der Waals surface area contributed by atoms with E-state index in [0.29, 0.717) is 23.0 Å². The molecule has 9 heteroatoms. The average Bonchev–Trinajstić information content (AvgIpc) is 3.51. The number of benzene rings is 1. The molecular formula is C19H17ClN4O3S. The van der Waals surface area contributed by atoms with Crippen LogP contribution in [0, 0.1) is 0 Å². The molecule has 1 saturated carbocycles. The zero-order valence-electron chi connectivity index (χ0n) is 14.8. The molecule has 1 amide bonds. The van der Waals surface area contributed by atoms with Crippen molar-refractivity contribution in [3.8, 4) is 0 Å². The molecule has 28 heavy (non-hydrogen) atoms. The zero-order valence-corrected chi connectivity index (χ0v) is 16.3. The predicted octanol–water partition coefficient (Wildman–Crippen LogP) is 2.60. The normalized spacial score (nSPS) is 13.6. The Morgan fingerprint density at radius 2 is 2.04 bits per heavy atom. The Morgan fingerprint density at radius 3 is 2.75 bits per heavy atom. The number of nitrogens with one attached hydrogen (secondary N) is 2. The summed E-state index contributed by atoms with van der Waals surface area (Å²) in [4.78, 5) is 44.2. The van der Waals surface area contributed by atoms with E-state index in [1.54, 1.807) is 11.8 Å². The first-order valence-electron chi connectivity index (χ1n) is 8.84. The number of hydrogen-bond acceptors (Lipinski definition) is 5. The second-order valence-corrected chi connectivity index (χ2v) is 8.12. The van der Waals surface area contributed by atoms with Gasteiger partial charge in [0.25, 0.3) is 11.5 Å². The monoisotopic (exact) mass is 416 g/mol. The number of amides is 1. The van der Waals surface area contributed by atoms with Crippen LogP contribution in [-0.2, 0) is 0 Å². The van der Waals surface area contributed by atoms with Crippen LogP contribution in [0.15, 0.2) is 51.0 Å². The van der Waals surface area contributed by atoms with E-state index in [1.807, 2.05) is 24.3 Å². The maximum Gasteiger partial charge on any atom is 0.330 e. The summed E-state index contributed by atoms with van der Waals surface area (Å²) >= 11 is 7.46. The molecule has 1 fully saturated rings. The number of halogens is 1. The minimum Gasteiger partial charge on any atom is -0.351 e. The second kappa shape index (κ2) is 7.81. The van der Waals surface area contributed by atoms with Crippen LogP contribution in [0.5, 0.6) is 0 Å². The molecule has 2 N–H and O–H groups in total. The highest BCUT2D eigenvalue weighted by atomic mass is 35.5. The van der Waals surface area contributed by atoms with Crippen LogP contribution in [0.25, 0.3) is 11.0 Å². The molecule has 0 bridgehead atoms. The lowest BCUT2D eigenvalue weighted by Gasteiger charge is -2.09. The van der Waals surface area contributed by atoms with Crippen molar-refractivity contribution in [3.05, 3.63) is 68.0 Å². The Kier molecular flexibility index (Phi) is 5.23. The van der Waals surface area contributed by atoms with Crippen molar-refractivity contribution >= 4 is 40.3 Å². The van der Waals surface area contributed by atoms with Crippen LogP contribution >= 0.6 is 23.4 Å². The van der Waals surface area contributed by atoms with Gasteiger partial charge >= 0.3 is 5.69 Å². The number of carbonyl (C=O) groups is 1. The van der Waals surface area contributed by atoms with Gasteiger partial charge in [-0.25, -0.2) is 9.78 Å². The summed E-state index contributed by atoms with van der Waals surface area (Å²) < 4.78 is 1.50. The summed E-state index contributed by atoms with van der Waals surface area (Å²) in [6.45, 7) is 0.460. The number of hydrogen-bond donors (Lipinski definition) is 2. The van der Waals surface area contributed by atoms with Gasteiger partial charge in [-0.05, 0) is 43.2 Å². The van der Waals surface area contributed by atoms with Gasteiger partial charge in [-0.1, -0.05) is 11.6 Å². The second-order valence-electron chi connectivity index (χ2n) is 6.51. The van der Waals surface area contributed by atoms with Crippen LogP contribution in [-0.4, -0.2) is 32.7 Å². The molecule has 7 nitrogen and oxygen atoms in total. The highest BCUT2D eigenvalue weighted by Crippen LogP contribution is 2.34. The molecule has 2 aromatic heterocycles. The lowest BCUT2D eigenvalue weighted by atomic mass is 10.2. The van der Waals surface area contributed by atoms with Crippen molar-refractivity contribution in [2.75, 3.05) is 12.3 Å². The molecule has 0 spiro atoms. The first kappa shape index (κ1) is 18.8. The van der Waals surface area contributed by atoms with Crippen LogP contribution in [0.3, 0.4) is 0 Å². The third-order valence-electron chi connectivity index (χ3n) is 4.42. The molecule has 1 aliphatic rings. The van der Waals surface area contributed by atoms with E-state index in [9.17, 15) is 14.4 Å². The Balaban J connectivity index is 1.45. The smallest absolute Gasteiger partial charge is 0.330 e. The average molecular weight is 417 g/mol. The van der Waals surface area contributed by atoms with Crippen molar-refractivity contribution in [3.63, 3.8) is 0 Å². The third-order valence-corrected chi connectivity index (χ3v) is 5.69. The largest absolute Gasteiger partial charge is 0.351 e. The molecular weight excluding hydrogens is 400 g/mol. The fraction of sp³-hybridized carbons (Fsp3) is 0.263. The van der Waals surface area contributed by atoms with E-state index in [1.165, 1.54) is 16.8 Å². The van der Waals surface area contributed by atoms with Crippen molar-refractivity contribution in [1.29, 1.82) is 0 Å². The number of aromatic nitrogens is 3. The first-order chi connectivity index (χ1) is 13.5. The molecule has 144 valence electrons. The van der Waals surface area contributed by atoms with Crippen molar-refractivity contribution in [2.24, 2.45) is 0 Å². The van der Waals surface area contributed by atoms with Gasteiger partial charge in [-0.2, -0.15) is 0 Å². The molecule has 0 radical (unpaired) electrons. The standard InChI is InChI=1S/C19H17ClN4O3S/c20-12-1-5-14(6-2-12)28-8-7-21-17(25)11-9-15-16(22-10-11)24(13-3-4-13)19(27)23-18(15)26/h1-2,5-6,9-10,13H,3-4,7-8H2,(H,21,25)(H,23,26,27). The number of fused-ring (bicyclic) bond motifs is 1. The molecule has 2 heterocycles. The van der Waals surface area contributed by atoms with Gasteiger partial charge < -0.3 is 5.32 Å². The number of rotatable bonds is 6. The van der Waals surface area contributed by atoms with Crippen LogP contribution in [0.4, 0.5) is 0 Å². The van der Waals surface area contributed by atoms with Gasteiger partial charge in [0.2, 0.25) is 0 Å². The topological polar surface area (TPSA) is 96.8 Å². The van der Waals surface area contributed by atoms with Gasteiger partial charge in [-0.15, -0.1) is 11.8 Å². The maximum atomic E-state index is 12.4. The van der Waals surface area contributed by atoms with E-state index in [4.69, 9.17) is 11.6 Å². The summed E-state index contributed by atoms with van der Waals surface area (Å²) in [5.41, 5.74) is -0.372. The summed E-state index contributed by atoms with van der Waals surface area (Å²) in [6.07, 6.45) is 3.17. The van der Waals surface area contributed by atoms with Gasteiger partial charge in [0.1, 0.15) is 5.65 Å². The van der Waals surface area contributed by atoms with E-state index in [2.05, 4.69) is 15.3 Å². The lowest BCUT2D eigenvalue weighted by Crippen LogP contribution is -2.31. The summed E-state index contributed by atoms with van der Waals surface area (Å²) in [7, 11) is 0. The molecule has 0 saturated heterocycles. The predicted molar refractivity (Wildman–Crippen MR) is 109 cm³/mol. The summed E-state index contributed by atoms with van der Waals surface area (Å²) in [6, 6.07) is 9.05. The summed E-state index contributed by atoms with van der Waals surface area (Å²) in [5, 5.41) is 3.75. The molecule has 4 rings (SSSR count). The summed E-state index contributed by atoms with van der Waals surface area (Å²) in [5.74, 6) is 0.380. The highest BCUT2D eigenvalue weighted by Gasteiger charge is 2.27. The Hall–Kier alpha value is -2.58. The fourth-order valence-electron chi connectivity index (χ4n) is 2.90. The molecule has 1 aliphatic carbocycles. The Morgan fingerprint density at radius 1 is 1.29 bits per heavy atom. The lowest BCUT2D eigenvalue weighted by molar-refractivity contribution is 0.0956. The minimum atomic E-state index is -0.530. The Bertz CT molecular complexity index is 1150. The number of aromatic amines is 1. The maximum absolute atomic E-state index is 12.4.